The maximum absolute atomic E-state index is 5.56. The average Bonchev–Trinajstić information content (AvgIpc) is 3.98. The molecule has 0 unspecified atom stereocenters. The second kappa shape index (κ2) is 12.4. The molecule has 13 aromatic rings. The third kappa shape index (κ3) is 4.63. The van der Waals surface area contributed by atoms with Gasteiger partial charge in [0.05, 0.1) is 22.1 Å². The Bertz CT molecular complexity index is 3840. The lowest BCUT2D eigenvalue weighted by Crippen LogP contribution is -2.07. The number of fused-ring (bicyclic) bond motifs is 15. The molecular weight excluding hydrogens is 739 g/mol. The highest BCUT2D eigenvalue weighted by atomic mass is 32.1. The number of thiophene rings is 1. The number of hydrogen-bond acceptors (Lipinski definition) is 4. The molecule has 4 heterocycles. The second-order valence-corrected chi connectivity index (χ2v) is 16.2. The maximum Gasteiger partial charge on any atom is 0.238 e. The van der Waals surface area contributed by atoms with Crippen LogP contribution in [0.4, 0.5) is 0 Å². The van der Waals surface area contributed by atoms with E-state index >= 15 is 0 Å². The van der Waals surface area contributed by atoms with Crippen molar-refractivity contribution in [1.29, 1.82) is 0 Å². The van der Waals surface area contributed by atoms with Crippen molar-refractivity contribution in [3.8, 4) is 34.4 Å². The highest BCUT2D eigenvalue weighted by Crippen LogP contribution is 2.47. The Morgan fingerprint density at radius 3 is 1.53 bits per heavy atom. The highest BCUT2D eigenvalue weighted by Gasteiger charge is 2.26. The first-order valence-electron chi connectivity index (χ1n) is 19.9. The lowest BCUT2D eigenvalue weighted by Gasteiger charge is -2.15. The maximum atomic E-state index is 5.56. The molecule has 9 aromatic carbocycles. The molecule has 4 aromatic heterocycles. The highest BCUT2D eigenvalue weighted by molar-refractivity contribution is 7.26. The van der Waals surface area contributed by atoms with E-state index in [9.17, 15) is 0 Å². The third-order valence-corrected chi connectivity index (χ3v) is 13.1. The molecular formula is C53H31N5S. The van der Waals surface area contributed by atoms with E-state index in [-0.39, 0.29) is 0 Å². The molecule has 0 saturated heterocycles. The largest absolute Gasteiger partial charge is 0.307 e. The van der Waals surface area contributed by atoms with Gasteiger partial charge in [0.25, 0.3) is 0 Å². The fraction of sp³-hybridized carbons (Fsp3) is 0. The molecule has 59 heavy (non-hydrogen) atoms. The lowest BCUT2D eigenvalue weighted by atomic mass is 9.98. The summed E-state index contributed by atoms with van der Waals surface area (Å²) in [6.07, 6.45) is 0. The summed E-state index contributed by atoms with van der Waals surface area (Å²) in [7, 11) is 0. The van der Waals surface area contributed by atoms with Crippen LogP contribution in [-0.2, 0) is 0 Å². The SMILES string of the molecule is c1ccc(-c2nc(-c3cc4sc5ccccc5c4c4ccccc34)nc(-n3c4ccccc4c4c5ccccc5c5c6ccccc6n(-c6ccccc6)c5c43)n2)cc1. The van der Waals surface area contributed by atoms with Crippen LogP contribution in [0, 0.1) is 0 Å². The Morgan fingerprint density at radius 2 is 0.847 bits per heavy atom. The Balaban J connectivity index is 1.23. The van der Waals surface area contributed by atoms with Gasteiger partial charge in [-0.3, -0.25) is 4.57 Å². The zero-order chi connectivity index (χ0) is 38.6. The van der Waals surface area contributed by atoms with E-state index in [1.54, 1.807) is 0 Å². The summed E-state index contributed by atoms with van der Waals surface area (Å²) in [6, 6.07) is 67.0. The minimum Gasteiger partial charge on any atom is -0.307 e. The quantitative estimate of drug-likeness (QED) is 0.179. The smallest absolute Gasteiger partial charge is 0.238 e. The second-order valence-electron chi connectivity index (χ2n) is 15.1. The summed E-state index contributed by atoms with van der Waals surface area (Å²) in [5.74, 6) is 1.83. The van der Waals surface area contributed by atoms with Crippen LogP contribution in [0.2, 0.25) is 0 Å². The Morgan fingerprint density at radius 1 is 0.356 bits per heavy atom. The number of aromatic nitrogens is 5. The number of nitrogens with zero attached hydrogens (tertiary/aromatic N) is 5. The van der Waals surface area contributed by atoms with Crippen molar-refractivity contribution in [2.24, 2.45) is 0 Å². The van der Waals surface area contributed by atoms with Crippen LogP contribution in [0.25, 0.3) is 120 Å². The normalized spacial score (nSPS) is 12.1. The summed E-state index contributed by atoms with van der Waals surface area (Å²) in [4.78, 5) is 16.3. The van der Waals surface area contributed by atoms with Crippen LogP contribution >= 0.6 is 11.3 Å². The molecule has 0 aliphatic heterocycles. The number of rotatable bonds is 4. The van der Waals surface area contributed by atoms with Crippen molar-refractivity contribution in [2.45, 2.75) is 0 Å². The molecule has 13 rings (SSSR count). The minimum atomic E-state index is 0.571. The predicted octanol–water partition coefficient (Wildman–Crippen LogP) is 14.1. The van der Waals surface area contributed by atoms with E-state index in [2.05, 4.69) is 179 Å². The lowest BCUT2D eigenvalue weighted by molar-refractivity contribution is 0.954. The van der Waals surface area contributed by atoms with Crippen molar-refractivity contribution in [2.75, 3.05) is 0 Å². The first-order chi connectivity index (χ1) is 29.3. The van der Waals surface area contributed by atoms with E-state index in [0.717, 1.165) is 49.7 Å². The van der Waals surface area contributed by atoms with E-state index in [1.807, 2.05) is 29.5 Å². The molecule has 0 amide bonds. The van der Waals surface area contributed by atoms with Crippen molar-refractivity contribution < 1.29 is 0 Å². The van der Waals surface area contributed by atoms with E-state index in [1.165, 1.54) is 52.5 Å². The predicted molar refractivity (Wildman–Crippen MR) is 247 cm³/mol. The summed E-state index contributed by atoms with van der Waals surface area (Å²) >= 11 is 1.82. The first kappa shape index (κ1) is 32.4. The van der Waals surface area contributed by atoms with E-state index < -0.39 is 0 Å². The van der Waals surface area contributed by atoms with Gasteiger partial charge in [0.1, 0.15) is 0 Å². The van der Waals surface area contributed by atoms with Gasteiger partial charge in [-0.05, 0) is 57.9 Å². The van der Waals surface area contributed by atoms with Gasteiger partial charge >= 0.3 is 0 Å². The topological polar surface area (TPSA) is 48.5 Å². The molecule has 5 nitrogen and oxygen atoms in total. The number of hydrogen-bond donors (Lipinski definition) is 0. The van der Waals surface area contributed by atoms with Gasteiger partial charge in [-0.25, -0.2) is 4.98 Å². The molecule has 6 heteroatoms. The van der Waals surface area contributed by atoms with E-state index in [4.69, 9.17) is 15.0 Å². The number of benzene rings is 9. The van der Waals surface area contributed by atoms with Crippen molar-refractivity contribution >= 4 is 96.7 Å². The van der Waals surface area contributed by atoms with Crippen molar-refractivity contribution in [3.63, 3.8) is 0 Å². The third-order valence-electron chi connectivity index (χ3n) is 11.9. The van der Waals surface area contributed by atoms with Crippen LogP contribution in [0.5, 0.6) is 0 Å². The Kier molecular flexibility index (Phi) is 6.82. The van der Waals surface area contributed by atoms with Gasteiger partial charge in [-0.15, -0.1) is 11.3 Å². The summed E-state index contributed by atoms with van der Waals surface area (Å²) in [5.41, 5.74) is 7.35. The zero-order valence-corrected chi connectivity index (χ0v) is 32.4. The average molecular weight is 770 g/mol. The summed E-state index contributed by atoms with van der Waals surface area (Å²) in [6.45, 7) is 0. The van der Waals surface area contributed by atoms with Gasteiger partial charge < -0.3 is 4.57 Å². The Hall–Kier alpha value is -7.67. The van der Waals surface area contributed by atoms with Crippen LogP contribution in [0.3, 0.4) is 0 Å². The molecule has 0 aliphatic carbocycles. The van der Waals surface area contributed by atoms with Crippen molar-refractivity contribution in [1.82, 2.24) is 24.1 Å². The van der Waals surface area contributed by atoms with Gasteiger partial charge in [0.15, 0.2) is 11.6 Å². The molecule has 0 spiro atoms. The zero-order valence-electron chi connectivity index (χ0n) is 31.5. The van der Waals surface area contributed by atoms with Gasteiger partial charge in [-0.1, -0.05) is 152 Å². The summed E-state index contributed by atoms with van der Waals surface area (Å²) in [5, 5.41) is 12.0. The van der Waals surface area contributed by atoms with Gasteiger partial charge in [0, 0.05) is 58.5 Å². The summed E-state index contributed by atoms with van der Waals surface area (Å²) < 4.78 is 7.20. The van der Waals surface area contributed by atoms with Crippen LogP contribution < -0.4 is 0 Å². The molecule has 0 saturated carbocycles. The monoisotopic (exact) mass is 769 g/mol. The van der Waals surface area contributed by atoms with Gasteiger partial charge in [-0.2, -0.15) is 9.97 Å². The van der Waals surface area contributed by atoms with Crippen molar-refractivity contribution in [3.05, 3.63) is 188 Å². The minimum absolute atomic E-state index is 0.571. The molecule has 274 valence electrons. The van der Waals surface area contributed by atoms with Crippen LogP contribution in [-0.4, -0.2) is 24.1 Å². The molecule has 0 atom stereocenters. The standard InChI is InChI=1S/C53H31N5S/c1-3-17-32(18-4-1)51-54-52(41-31-45-46(35-22-8-7-21-34(35)41)40-27-13-16-30-44(40)59-45)56-53(55-51)58-43-29-15-12-26-39(43)48-37-24-10-9-23-36(37)47-38-25-11-14-28-42(38)57(49(47)50(48)58)33-19-5-2-6-20-33/h1-31H. The van der Waals surface area contributed by atoms with E-state index in [0.29, 0.717) is 17.6 Å². The first-order valence-corrected chi connectivity index (χ1v) is 20.7. The molecule has 0 aliphatic rings. The fourth-order valence-corrected chi connectivity index (χ4v) is 10.7. The molecule has 0 radical (unpaired) electrons. The molecule has 0 bridgehead atoms. The van der Waals surface area contributed by atoms with Gasteiger partial charge in [0.2, 0.25) is 5.95 Å². The molecule has 0 fully saturated rings. The Labute approximate surface area is 341 Å². The van der Waals surface area contributed by atoms with Crippen LogP contribution in [0.1, 0.15) is 0 Å². The number of para-hydroxylation sites is 3. The fourth-order valence-electron chi connectivity index (χ4n) is 9.52. The molecule has 0 N–H and O–H groups in total. The van der Waals surface area contributed by atoms with Crippen LogP contribution in [0.15, 0.2) is 188 Å².